The zero-order valence-corrected chi connectivity index (χ0v) is 8.99. The van der Waals surface area contributed by atoms with Gasteiger partial charge >= 0.3 is 6.09 Å². The van der Waals surface area contributed by atoms with E-state index in [1.54, 1.807) is 32.1 Å². The summed E-state index contributed by atoms with van der Waals surface area (Å²) in [5.74, 6) is 0. The number of amides is 1. The minimum Gasteiger partial charge on any atom is -0.447 e. The van der Waals surface area contributed by atoms with Crippen LogP contribution in [0.25, 0.3) is 6.08 Å². The van der Waals surface area contributed by atoms with E-state index in [1.807, 2.05) is 12.1 Å². The molecule has 1 aromatic rings. The number of anilines is 1. The van der Waals surface area contributed by atoms with Crippen molar-refractivity contribution in [2.45, 2.75) is 20.0 Å². The topological polar surface area (TPSA) is 38.3 Å². The second-order valence-electron chi connectivity index (χ2n) is 3.41. The molecule has 0 unspecified atom stereocenters. The average Bonchev–Trinajstić information content (AvgIpc) is 2.17. The molecule has 0 fully saturated rings. The number of hydrogen-bond donors (Lipinski definition) is 1. The highest BCUT2D eigenvalue weighted by molar-refractivity contribution is 5.84. The fourth-order valence-corrected chi connectivity index (χ4v) is 1.06. The highest BCUT2D eigenvalue weighted by Gasteiger charge is 2.04. The lowest BCUT2D eigenvalue weighted by atomic mass is 10.2. The van der Waals surface area contributed by atoms with Gasteiger partial charge in [0, 0.05) is 5.69 Å². The Morgan fingerprint density at radius 1 is 1.40 bits per heavy atom. The third-order valence-electron chi connectivity index (χ3n) is 1.74. The van der Waals surface area contributed by atoms with Gasteiger partial charge in [-0.3, -0.25) is 5.32 Å². The zero-order chi connectivity index (χ0) is 11.3. The Morgan fingerprint density at radius 3 is 2.47 bits per heavy atom. The maximum Gasteiger partial charge on any atom is 0.411 e. The van der Waals surface area contributed by atoms with Crippen LogP contribution in [0.3, 0.4) is 0 Å². The maximum absolute atomic E-state index is 11.2. The molecule has 0 saturated carbocycles. The molecule has 0 aromatic heterocycles. The summed E-state index contributed by atoms with van der Waals surface area (Å²) in [6, 6.07) is 7.35. The minimum atomic E-state index is -0.434. The third kappa shape index (κ3) is 3.85. The van der Waals surface area contributed by atoms with Crippen LogP contribution in [0.5, 0.6) is 0 Å². The summed E-state index contributed by atoms with van der Waals surface area (Å²) in [4.78, 5) is 11.2. The quantitative estimate of drug-likeness (QED) is 0.822. The van der Waals surface area contributed by atoms with Crippen LogP contribution in [0.2, 0.25) is 0 Å². The molecule has 1 amide bonds. The summed E-state index contributed by atoms with van der Waals surface area (Å²) in [6.45, 7) is 7.26. The fourth-order valence-electron chi connectivity index (χ4n) is 1.06. The van der Waals surface area contributed by atoms with E-state index in [9.17, 15) is 4.79 Å². The molecule has 0 spiro atoms. The molecule has 0 atom stereocenters. The molecule has 1 N–H and O–H groups in total. The second-order valence-corrected chi connectivity index (χ2v) is 3.41. The molecule has 0 aliphatic rings. The Bertz CT molecular complexity index is 341. The van der Waals surface area contributed by atoms with Gasteiger partial charge in [-0.05, 0) is 31.5 Å². The van der Waals surface area contributed by atoms with Crippen molar-refractivity contribution in [3.63, 3.8) is 0 Å². The second kappa shape index (κ2) is 5.20. The van der Waals surface area contributed by atoms with Crippen LogP contribution in [0.1, 0.15) is 19.4 Å². The molecular formula is C12H15NO2. The summed E-state index contributed by atoms with van der Waals surface area (Å²) in [7, 11) is 0. The van der Waals surface area contributed by atoms with E-state index >= 15 is 0 Å². The molecule has 15 heavy (non-hydrogen) atoms. The number of carbonyl (C=O) groups is 1. The van der Waals surface area contributed by atoms with Crippen molar-refractivity contribution in [2.24, 2.45) is 0 Å². The van der Waals surface area contributed by atoms with Crippen LogP contribution in [-0.4, -0.2) is 12.2 Å². The van der Waals surface area contributed by atoms with Crippen LogP contribution >= 0.6 is 0 Å². The number of rotatable bonds is 3. The molecule has 3 nitrogen and oxygen atoms in total. The average molecular weight is 205 g/mol. The summed E-state index contributed by atoms with van der Waals surface area (Å²) in [6.07, 6.45) is 1.20. The van der Waals surface area contributed by atoms with E-state index in [1.165, 1.54) is 0 Å². The summed E-state index contributed by atoms with van der Waals surface area (Å²) >= 11 is 0. The van der Waals surface area contributed by atoms with Crippen molar-refractivity contribution in [1.82, 2.24) is 0 Å². The molecule has 3 heteroatoms. The zero-order valence-electron chi connectivity index (χ0n) is 8.99. The van der Waals surface area contributed by atoms with Crippen molar-refractivity contribution in [2.75, 3.05) is 5.32 Å². The number of carbonyl (C=O) groups excluding carboxylic acids is 1. The van der Waals surface area contributed by atoms with E-state index in [0.717, 1.165) is 5.56 Å². The van der Waals surface area contributed by atoms with E-state index < -0.39 is 6.09 Å². The first kappa shape index (κ1) is 11.3. The normalized spacial score (nSPS) is 9.80. The van der Waals surface area contributed by atoms with Crippen LogP contribution in [-0.2, 0) is 4.74 Å². The summed E-state index contributed by atoms with van der Waals surface area (Å²) in [5.41, 5.74) is 1.73. The number of hydrogen-bond acceptors (Lipinski definition) is 2. The predicted octanol–water partition coefficient (Wildman–Crippen LogP) is 3.29. The van der Waals surface area contributed by atoms with Gasteiger partial charge in [0.2, 0.25) is 0 Å². The van der Waals surface area contributed by atoms with Gasteiger partial charge in [0.25, 0.3) is 0 Å². The Kier molecular flexibility index (Phi) is 3.92. The Morgan fingerprint density at radius 2 is 2.00 bits per heavy atom. The van der Waals surface area contributed by atoms with Crippen LogP contribution in [0, 0.1) is 0 Å². The van der Waals surface area contributed by atoms with Crippen LogP contribution < -0.4 is 5.32 Å². The molecule has 1 aromatic carbocycles. The first-order valence-electron chi connectivity index (χ1n) is 4.82. The molecule has 0 aliphatic heterocycles. The van der Waals surface area contributed by atoms with Crippen molar-refractivity contribution >= 4 is 17.9 Å². The third-order valence-corrected chi connectivity index (χ3v) is 1.74. The summed E-state index contributed by atoms with van der Waals surface area (Å²) < 4.78 is 4.94. The van der Waals surface area contributed by atoms with Gasteiger partial charge in [-0.2, -0.15) is 0 Å². The SMILES string of the molecule is C=Cc1ccc(NC(=O)OC(C)C)cc1. The lowest BCUT2D eigenvalue weighted by Crippen LogP contribution is -2.17. The highest BCUT2D eigenvalue weighted by Crippen LogP contribution is 2.10. The van der Waals surface area contributed by atoms with Gasteiger partial charge in [-0.1, -0.05) is 24.8 Å². The smallest absolute Gasteiger partial charge is 0.411 e. The molecule has 0 aliphatic carbocycles. The van der Waals surface area contributed by atoms with Gasteiger partial charge in [-0.25, -0.2) is 4.79 Å². The van der Waals surface area contributed by atoms with Gasteiger partial charge in [0.1, 0.15) is 0 Å². The van der Waals surface area contributed by atoms with E-state index in [0.29, 0.717) is 5.69 Å². The van der Waals surface area contributed by atoms with Gasteiger partial charge in [0.05, 0.1) is 6.10 Å². The Hall–Kier alpha value is -1.77. The lowest BCUT2D eigenvalue weighted by molar-refractivity contribution is 0.130. The van der Waals surface area contributed by atoms with Gasteiger partial charge in [0.15, 0.2) is 0 Å². The molecule has 80 valence electrons. The molecule has 0 heterocycles. The molecular weight excluding hydrogens is 190 g/mol. The molecule has 0 radical (unpaired) electrons. The van der Waals surface area contributed by atoms with Crippen LogP contribution in [0.15, 0.2) is 30.8 Å². The Balaban J connectivity index is 2.57. The largest absolute Gasteiger partial charge is 0.447 e. The van der Waals surface area contributed by atoms with E-state index in [-0.39, 0.29) is 6.10 Å². The minimum absolute atomic E-state index is 0.113. The maximum atomic E-state index is 11.2. The van der Waals surface area contributed by atoms with Crippen molar-refractivity contribution in [3.05, 3.63) is 36.4 Å². The predicted molar refractivity (Wildman–Crippen MR) is 61.8 cm³/mol. The van der Waals surface area contributed by atoms with E-state index in [4.69, 9.17) is 4.74 Å². The molecule has 0 bridgehead atoms. The van der Waals surface area contributed by atoms with Gasteiger partial charge < -0.3 is 4.74 Å². The first-order chi connectivity index (χ1) is 7.11. The van der Waals surface area contributed by atoms with Crippen LogP contribution in [0.4, 0.5) is 10.5 Å². The van der Waals surface area contributed by atoms with Crippen molar-refractivity contribution < 1.29 is 9.53 Å². The lowest BCUT2D eigenvalue weighted by Gasteiger charge is -2.09. The van der Waals surface area contributed by atoms with Gasteiger partial charge in [-0.15, -0.1) is 0 Å². The standard InChI is InChI=1S/C12H15NO2/c1-4-10-5-7-11(8-6-10)13-12(14)15-9(2)3/h4-9H,1H2,2-3H3,(H,13,14). The van der Waals surface area contributed by atoms with Crippen molar-refractivity contribution in [3.8, 4) is 0 Å². The number of ether oxygens (including phenoxy) is 1. The van der Waals surface area contributed by atoms with Crippen molar-refractivity contribution in [1.29, 1.82) is 0 Å². The molecule has 1 rings (SSSR count). The fraction of sp³-hybridized carbons (Fsp3) is 0.250. The number of nitrogens with one attached hydrogen (secondary N) is 1. The van der Waals surface area contributed by atoms with E-state index in [2.05, 4.69) is 11.9 Å². The first-order valence-corrected chi connectivity index (χ1v) is 4.82. The number of benzene rings is 1. The molecule has 0 saturated heterocycles. The highest BCUT2D eigenvalue weighted by atomic mass is 16.6. The Labute approximate surface area is 89.8 Å². The monoisotopic (exact) mass is 205 g/mol. The summed E-state index contributed by atoms with van der Waals surface area (Å²) in [5, 5.41) is 2.63.